The van der Waals surface area contributed by atoms with Crippen molar-refractivity contribution in [3.05, 3.63) is 63.4 Å². The molecule has 0 radical (unpaired) electrons. The third kappa shape index (κ3) is 3.59. The van der Waals surface area contributed by atoms with Gasteiger partial charge in [-0.05, 0) is 24.3 Å². The van der Waals surface area contributed by atoms with E-state index in [2.05, 4.69) is 4.99 Å². The SMILES string of the molecule is O=C(O)Cn1c(=NC(=O)c2cccc(Cl)c2)sc2c(F)cc(F)cc21. The van der Waals surface area contributed by atoms with Gasteiger partial charge in [0.2, 0.25) is 0 Å². The summed E-state index contributed by atoms with van der Waals surface area (Å²) in [7, 11) is 0. The fourth-order valence-corrected chi connectivity index (χ4v) is 3.45. The summed E-state index contributed by atoms with van der Waals surface area (Å²) in [5.74, 6) is -3.61. The summed E-state index contributed by atoms with van der Waals surface area (Å²) in [6.07, 6.45) is 0. The molecule has 0 fully saturated rings. The molecule has 3 rings (SSSR count). The van der Waals surface area contributed by atoms with E-state index in [-0.39, 0.29) is 20.6 Å². The Balaban J connectivity index is 2.22. The topological polar surface area (TPSA) is 71.7 Å². The second kappa shape index (κ2) is 6.73. The van der Waals surface area contributed by atoms with E-state index in [0.717, 1.165) is 22.0 Å². The van der Waals surface area contributed by atoms with E-state index < -0.39 is 30.1 Å². The van der Waals surface area contributed by atoms with Crippen LogP contribution in [0.5, 0.6) is 0 Å². The number of halogens is 3. The van der Waals surface area contributed by atoms with Gasteiger partial charge in [0.05, 0.1) is 10.2 Å². The minimum absolute atomic E-state index is 0.0142. The summed E-state index contributed by atoms with van der Waals surface area (Å²) >= 11 is 6.59. The molecular formula is C16H9ClF2N2O3S. The lowest BCUT2D eigenvalue weighted by Crippen LogP contribution is -2.21. The number of thiazole rings is 1. The number of carbonyl (C=O) groups is 2. The maximum atomic E-state index is 14.0. The number of aromatic nitrogens is 1. The van der Waals surface area contributed by atoms with Crippen molar-refractivity contribution < 1.29 is 23.5 Å². The number of rotatable bonds is 3. The zero-order chi connectivity index (χ0) is 18.1. The minimum Gasteiger partial charge on any atom is -0.480 e. The fourth-order valence-electron chi connectivity index (χ4n) is 2.24. The van der Waals surface area contributed by atoms with Gasteiger partial charge in [-0.3, -0.25) is 9.59 Å². The van der Waals surface area contributed by atoms with Crippen molar-refractivity contribution in [1.29, 1.82) is 0 Å². The Morgan fingerprint density at radius 3 is 2.68 bits per heavy atom. The number of fused-ring (bicyclic) bond motifs is 1. The van der Waals surface area contributed by atoms with Crippen LogP contribution in [-0.2, 0) is 11.3 Å². The van der Waals surface area contributed by atoms with Crippen molar-refractivity contribution in [3.8, 4) is 0 Å². The number of benzene rings is 2. The van der Waals surface area contributed by atoms with Crippen LogP contribution in [0.25, 0.3) is 10.2 Å². The smallest absolute Gasteiger partial charge is 0.323 e. The van der Waals surface area contributed by atoms with Gasteiger partial charge in [-0.15, -0.1) is 0 Å². The molecule has 128 valence electrons. The number of hydrogen-bond acceptors (Lipinski definition) is 3. The van der Waals surface area contributed by atoms with Crippen LogP contribution in [0.15, 0.2) is 41.4 Å². The molecule has 5 nitrogen and oxygen atoms in total. The van der Waals surface area contributed by atoms with Crippen LogP contribution < -0.4 is 4.80 Å². The second-order valence-corrected chi connectivity index (χ2v) is 6.44. The number of hydrogen-bond donors (Lipinski definition) is 1. The summed E-state index contributed by atoms with van der Waals surface area (Å²) in [5, 5.41) is 9.38. The Morgan fingerprint density at radius 1 is 1.24 bits per heavy atom. The van der Waals surface area contributed by atoms with Crippen molar-refractivity contribution >= 4 is 45.0 Å². The van der Waals surface area contributed by atoms with Gasteiger partial charge in [0.1, 0.15) is 18.2 Å². The Hall–Kier alpha value is -2.58. The van der Waals surface area contributed by atoms with Crippen LogP contribution in [0, 0.1) is 11.6 Å². The number of amides is 1. The van der Waals surface area contributed by atoms with E-state index in [1.807, 2.05) is 0 Å². The first-order chi connectivity index (χ1) is 11.8. The van der Waals surface area contributed by atoms with Gasteiger partial charge in [0.25, 0.3) is 5.91 Å². The molecule has 1 N–H and O–H groups in total. The summed E-state index contributed by atoms with van der Waals surface area (Å²) in [6.45, 7) is -0.593. The van der Waals surface area contributed by atoms with Crippen LogP contribution in [0.2, 0.25) is 5.02 Å². The first kappa shape index (κ1) is 17.2. The zero-order valence-electron chi connectivity index (χ0n) is 12.4. The predicted molar refractivity (Wildman–Crippen MR) is 88.7 cm³/mol. The Morgan fingerprint density at radius 2 is 2.00 bits per heavy atom. The van der Waals surface area contributed by atoms with Gasteiger partial charge < -0.3 is 9.67 Å². The van der Waals surface area contributed by atoms with Crippen LogP contribution in [0.1, 0.15) is 10.4 Å². The first-order valence-electron chi connectivity index (χ1n) is 6.90. The average molecular weight is 383 g/mol. The number of carbonyl (C=O) groups excluding carboxylic acids is 1. The molecule has 25 heavy (non-hydrogen) atoms. The highest BCUT2D eigenvalue weighted by Gasteiger charge is 2.15. The number of carboxylic acid groups (broad SMARTS) is 1. The van der Waals surface area contributed by atoms with Crippen molar-refractivity contribution in [3.63, 3.8) is 0 Å². The number of aliphatic carboxylic acids is 1. The molecule has 1 aromatic heterocycles. The van der Waals surface area contributed by atoms with Gasteiger partial charge >= 0.3 is 5.97 Å². The van der Waals surface area contributed by atoms with Crippen molar-refractivity contribution in [2.75, 3.05) is 0 Å². The van der Waals surface area contributed by atoms with E-state index in [1.165, 1.54) is 12.1 Å². The average Bonchev–Trinajstić information content (AvgIpc) is 2.85. The molecule has 2 aromatic carbocycles. The largest absolute Gasteiger partial charge is 0.480 e. The Bertz CT molecular complexity index is 1070. The van der Waals surface area contributed by atoms with Crippen molar-refractivity contribution in [2.24, 2.45) is 4.99 Å². The lowest BCUT2D eigenvalue weighted by atomic mass is 10.2. The van der Waals surface area contributed by atoms with Crippen LogP contribution in [-0.4, -0.2) is 21.6 Å². The highest BCUT2D eigenvalue weighted by atomic mass is 35.5. The molecule has 1 heterocycles. The molecule has 0 aliphatic carbocycles. The molecule has 3 aromatic rings. The summed E-state index contributed by atoms with van der Waals surface area (Å²) < 4.78 is 28.5. The van der Waals surface area contributed by atoms with Gasteiger partial charge in [-0.25, -0.2) is 8.78 Å². The Labute approximate surface area is 148 Å². The molecule has 0 bridgehead atoms. The molecule has 1 amide bonds. The molecular weight excluding hydrogens is 374 g/mol. The molecule has 9 heteroatoms. The number of nitrogens with zero attached hydrogens (tertiary/aromatic N) is 2. The maximum absolute atomic E-state index is 14.0. The van der Waals surface area contributed by atoms with Gasteiger partial charge in [-0.1, -0.05) is 29.0 Å². The van der Waals surface area contributed by atoms with Crippen molar-refractivity contribution in [1.82, 2.24) is 4.57 Å². The molecule has 0 saturated carbocycles. The van der Waals surface area contributed by atoms with Gasteiger partial charge in [0, 0.05) is 16.7 Å². The fraction of sp³-hybridized carbons (Fsp3) is 0.0625. The maximum Gasteiger partial charge on any atom is 0.323 e. The van der Waals surface area contributed by atoms with Crippen molar-refractivity contribution in [2.45, 2.75) is 6.54 Å². The van der Waals surface area contributed by atoms with Crippen LogP contribution in [0.4, 0.5) is 8.78 Å². The molecule has 0 spiro atoms. The first-order valence-corrected chi connectivity index (χ1v) is 8.09. The van der Waals surface area contributed by atoms with E-state index in [1.54, 1.807) is 12.1 Å². The number of carboxylic acids is 1. The normalized spacial score (nSPS) is 11.9. The third-order valence-corrected chi connectivity index (χ3v) is 4.60. The quantitative estimate of drug-likeness (QED) is 0.754. The molecule has 0 saturated heterocycles. The van der Waals surface area contributed by atoms with E-state index >= 15 is 0 Å². The third-order valence-electron chi connectivity index (χ3n) is 3.27. The lowest BCUT2D eigenvalue weighted by Gasteiger charge is -2.02. The summed E-state index contributed by atoms with van der Waals surface area (Å²) in [6, 6.07) is 7.74. The van der Waals surface area contributed by atoms with Gasteiger partial charge in [0.15, 0.2) is 4.80 Å². The monoisotopic (exact) mass is 382 g/mol. The van der Waals surface area contributed by atoms with E-state index in [4.69, 9.17) is 16.7 Å². The molecule has 0 unspecified atom stereocenters. The molecule has 0 aliphatic rings. The molecule has 0 aliphatic heterocycles. The van der Waals surface area contributed by atoms with E-state index in [9.17, 15) is 18.4 Å². The minimum atomic E-state index is -1.24. The summed E-state index contributed by atoms with van der Waals surface area (Å²) in [4.78, 5) is 27.2. The Kier molecular flexibility index (Phi) is 4.65. The molecule has 0 atom stereocenters. The highest BCUT2D eigenvalue weighted by molar-refractivity contribution is 7.16. The second-order valence-electron chi connectivity index (χ2n) is 5.03. The van der Waals surface area contributed by atoms with Gasteiger partial charge in [-0.2, -0.15) is 4.99 Å². The van der Waals surface area contributed by atoms with Crippen LogP contribution in [0.3, 0.4) is 0 Å². The standard InChI is InChI=1S/C16H9ClF2N2O3S/c17-9-3-1-2-8(4-9)15(24)20-16-21(7-13(22)23)12-6-10(18)5-11(19)14(12)25-16/h1-6H,7H2,(H,22,23). The predicted octanol–water partition coefficient (Wildman–Crippen LogP) is 3.46. The summed E-state index contributed by atoms with van der Waals surface area (Å²) in [5.41, 5.74) is 0.209. The zero-order valence-corrected chi connectivity index (χ0v) is 13.9. The lowest BCUT2D eigenvalue weighted by molar-refractivity contribution is -0.137. The van der Waals surface area contributed by atoms with Crippen LogP contribution >= 0.6 is 22.9 Å². The van der Waals surface area contributed by atoms with E-state index in [0.29, 0.717) is 11.1 Å². The highest BCUT2D eigenvalue weighted by Crippen LogP contribution is 2.22.